The van der Waals surface area contributed by atoms with Gasteiger partial charge in [0.05, 0.1) is 22.6 Å². The van der Waals surface area contributed by atoms with Gasteiger partial charge in [-0.1, -0.05) is 146 Å². The second-order valence-electron chi connectivity index (χ2n) is 17.5. The van der Waals surface area contributed by atoms with Crippen molar-refractivity contribution in [2.75, 3.05) is 4.90 Å². The van der Waals surface area contributed by atoms with Gasteiger partial charge in [0.25, 0.3) is 0 Å². The van der Waals surface area contributed by atoms with Crippen LogP contribution in [0.1, 0.15) is 23.5 Å². The standard InChI is InChI=1S/C60H40N2O2/c1-2-9-37(10-3-1)38-17-24-43(25-18-38)61(44-26-19-39(20-27-44)41-21-29-48-47-12-5-7-16-56(47)63-57(48)34-41)45-28-31-50-49-30-22-42(35-58(49)64-59(50)36-45)40-23-32-55-53(33-40)52-14-8-13-51-46-11-4-6-15-54(46)62(55)60(51)52/h1-26,28-36,44,50,59H,27H2. The van der Waals surface area contributed by atoms with Crippen LogP contribution in [0.15, 0.2) is 222 Å². The van der Waals surface area contributed by atoms with E-state index >= 15 is 0 Å². The van der Waals surface area contributed by atoms with Gasteiger partial charge in [-0.05, 0) is 107 Å². The number of fused-ring (bicyclic) bond motifs is 12. The second kappa shape index (κ2) is 13.7. The number of hydrogen-bond donors (Lipinski definition) is 0. The molecule has 64 heavy (non-hydrogen) atoms. The third kappa shape index (κ3) is 5.36. The van der Waals surface area contributed by atoms with Gasteiger partial charge in [-0.15, -0.1) is 0 Å². The van der Waals surface area contributed by atoms with E-state index in [0.29, 0.717) is 0 Å². The van der Waals surface area contributed by atoms with Crippen molar-refractivity contribution < 1.29 is 9.15 Å². The van der Waals surface area contributed by atoms with Gasteiger partial charge >= 0.3 is 0 Å². The summed E-state index contributed by atoms with van der Waals surface area (Å²) >= 11 is 0. The third-order valence-electron chi connectivity index (χ3n) is 14.0. The molecule has 0 amide bonds. The molecule has 1 aliphatic heterocycles. The predicted octanol–water partition coefficient (Wildman–Crippen LogP) is 15.3. The molecule has 14 rings (SSSR count). The Hall–Kier alpha value is -8.08. The molecular formula is C60H40N2O2. The summed E-state index contributed by atoms with van der Waals surface area (Å²) in [5.41, 5.74) is 16.3. The summed E-state index contributed by atoms with van der Waals surface area (Å²) in [6.07, 6.45) is 14.8. The maximum atomic E-state index is 6.91. The SMILES string of the molecule is C1=CC(N(C2=CC3Oc4cc(-c5ccc6c(c5)c5cccc7c8ccccc8n6c75)ccc4C3C=C2)c2ccc(-c3ccccc3)cc2)CC=C1c1ccc2c(c1)oc1ccccc12. The summed E-state index contributed by atoms with van der Waals surface area (Å²) in [4.78, 5) is 2.48. The minimum Gasteiger partial charge on any atom is -0.485 e. The number of allylic oxidation sites excluding steroid dienone is 3. The average molecular weight is 821 g/mol. The van der Waals surface area contributed by atoms with E-state index in [1.165, 1.54) is 65.9 Å². The van der Waals surface area contributed by atoms with E-state index in [4.69, 9.17) is 9.15 Å². The largest absolute Gasteiger partial charge is 0.485 e. The first-order valence-corrected chi connectivity index (χ1v) is 22.3. The average Bonchev–Trinajstić information content (AvgIpc) is 4.11. The molecule has 0 spiro atoms. The molecule has 11 aromatic rings. The Kier molecular flexibility index (Phi) is 7.61. The highest BCUT2D eigenvalue weighted by Gasteiger charge is 2.35. The highest BCUT2D eigenvalue weighted by molar-refractivity contribution is 6.23. The van der Waals surface area contributed by atoms with Crippen LogP contribution in [0, 0.1) is 0 Å². The van der Waals surface area contributed by atoms with Crippen LogP contribution in [-0.4, -0.2) is 16.5 Å². The maximum Gasteiger partial charge on any atom is 0.136 e. The van der Waals surface area contributed by atoms with Gasteiger partial charge in [0.1, 0.15) is 23.0 Å². The van der Waals surface area contributed by atoms with E-state index in [2.05, 4.69) is 210 Å². The lowest BCUT2D eigenvalue weighted by Gasteiger charge is -2.36. The number of nitrogens with zero attached hydrogens (tertiary/aromatic N) is 2. The summed E-state index contributed by atoms with van der Waals surface area (Å²) in [7, 11) is 0. The minimum absolute atomic E-state index is 0.106. The lowest BCUT2D eigenvalue weighted by molar-refractivity contribution is 0.267. The Balaban J connectivity index is 0.785. The van der Waals surface area contributed by atoms with Crippen LogP contribution in [0.25, 0.3) is 87.9 Å². The van der Waals surface area contributed by atoms with E-state index in [0.717, 1.165) is 56.6 Å². The van der Waals surface area contributed by atoms with Crippen molar-refractivity contribution >= 4 is 71.3 Å². The normalized spacial score (nSPS) is 18.0. The van der Waals surface area contributed by atoms with Crippen molar-refractivity contribution in [3.05, 3.63) is 229 Å². The number of hydrogen-bond acceptors (Lipinski definition) is 3. The highest BCUT2D eigenvalue weighted by Crippen LogP contribution is 2.46. The van der Waals surface area contributed by atoms with E-state index in [1.54, 1.807) is 0 Å². The minimum atomic E-state index is -0.109. The molecule has 3 unspecified atom stereocenters. The zero-order valence-electron chi connectivity index (χ0n) is 34.9. The fourth-order valence-electron chi connectivity index (χ4n) is 10.9. The van der Waals surface area contributed by atoms with E-state index in [-0.39, 0.29) is 18.1 Å². The Bertz CT molecular complexity index is 3810. The second-order valence-corrected chi connectivity index (χ2v) is 17.5. The first kappa shape index (κ1) is 35.5. The molecular weight excluding hydrogens is 781 g/mol. The molecule has 4 heterocycles. The molecule has 8 aromatic carbocycles. The zero-order chi connectivity index (χ0) is 41.9. The highest BCUT2D eigenvalue weighted by atomic mass is 16.5. The van der Waals surface area contributed by atoms with Gasteiger partial charge in [-0.2, -0.15) is 0 Å². The summed E-state index contributed by atoms with van der Waals surface area (Å²) in [6, 6.07) is 63.8. The molecule has 3 atom stereocenters. The van der Waals surface area contributed by atoms with Crippen LogP contribution in [0.2, 0.25) is 0 Å². The number of anilines is 1. The van der Waals surface area contributed by atoms with E-state index in [9.17, 15) is 0 Å². The fraction of sp³-hybridized carbons (Fsp3) is 0.0667. The molecule has 0 saturated heterocycles. The van der Waals surface area contributed by atoms with Crippen molar-refractivity contribution in [3.63, 3.8) is 0 Å². The Morgan fingerprint density at radius 2 is 1.20 bits per heavy atom. The maximum absolute atomic E-state index is 6.91. The molecule has 4 heteroatoms. The van der Waals surface area contributed by atoms with Crippen molar-refractivity contribution in [3.8, 4) is 28.0 Å². The number of benzene rings is 8. The number of aromatic nitrogens is 1. The number of rotatable bonds is 6. The van der Waals surface area contributed by atoms with Crippen LogP contribution in [0.3, 0.4) is 0 Å². The summed E-state index contributed by atoms with van der Waals surface area (Å²) in [5, 5.41) is 7.48. The van der Waals surface area contributed by atoms with Gasteiger partial charge in [-0.3, -0.25) is 0 Å². The Morgan fingerprint density at radius 1 is 0.500 bits per heavy atom. The Labute approximate surface area is 369 Å². The lowest BCUT2D eigenvalue weighted by Crippen LogP contribution is -2.35. The van der Waals surface area contributed by atoms with Crippen molar-refractivity contribution in [2.24, 2.45) is 0 Å². The first-order valence-electron chi connectivity index (χ1n) is 22.3. The molecule has 0 bridgehead atoms. The van der Waals surface area contributed by atoms with Crippen LogP contribution in [-0.2, 0) is 0 Å². The van der Waals surface area contributed by atoms with Gasteiger partial charge in [-0.25, -0.2) is 0 Å². The van der Waals surface area contributed by atoms with E-state index in [1.807, 2.05) is 12.1 Å². The monoisotopic (exact) mass is 820 g/mol. The quantitative estimate of drug-likeness (QED) is 0.167. The zero-order valence-corrected chi connectivity index (χ0v) is 34.9. The summed E-state index contributed by atoms with van der Waals surface area (Å²) in [5.74, 6) is 1.10. The first-order chi connectivity index (χ1) is 31.7. The summed E-state index contributed by atoms with van der Waals surface area (Å²) in [6.45, 7) is 0. The topological polar surface area (TPSA) is 30.0 Å². The van der Waals surface area contributed by atoms with Gasteiger partial charge < -0.3 is 18.5 Å². The molecule has 0 fully saturated rings. The van der Waals surface area contributed by atoms with Crippen molar-refractivity contribution in [2.45, 2.75) is 24.5 Å². The molecule has 0 N–H and O–H groups in total. The number of ether oxygens (including phenoxy) is 1. The molecule has 0 radical (unpaired) electrons. The van der Waals surface area contributed by atoms with Crippen LogP contribution < -0.4 is 9.64 Å². The molecule has 302 valence electrons. The number of furan rings is 1. The smallest absolute Gasteiger partial charge is 0.136 e. The van der Waals surface area contributed by atoms with Crippen molar-refractivity contribution in [1.29, 1.82) is 0 Å². The van der Waals surface area contributed by atoms with E-state index < -0.39 is 0 Å². The molecule has 3 aliphatic rings. The lowest BCUT2D eigenvalue weighted by atomic mass is 9.89. The number of para-hydroxylation sites is 3. The van der Waals surface area contributed by atoms with Gasteiger partial charge in [0.15, 0.2) is 0 Å². The van der Waals surface area contributed by atoms with Crippen molar-refractivity contribution in [1.82, 2.24) is 4.40 Å². The molecule has 3 aromatic heterocycles. The summed E-state index contributed by atoms with van der Waals surface area (Å²) < 4.78 is 15.6. The van der Waals surface area contributed by atoms with Crippen LogP contribution in [0.5, 0.6) is 5.75 Å². The molecule has 2 aliphatic carbocycles. The third-order valence-corrected chi connectivity index (χ3v) is 14.0. The predicted molar refractivity (Wildman–Crippen MR) is 265 cm³/mol. The Morgan fingerprint density at radius 3 is 2.08 bits per heavy atom. The van der Waals surface area contributed by atoms with Gasteiger partial charge in [0, 0.05) is 55.2 Å². The van der Waals surface area contributed by atoms with Gasteiger partial charge in [0.2, 0.25) is 0 Å². The molecule has 4 nitrogen and oxygen atoms in total. The molecule has 0 saturated carbocycles. The van der Waals surface area contributed by atoms with Crippen LogP contribution in [0.4, 0.5) is 5.69 Å². The van der Waals surface area contributed by atoms with Crippen LogP contribution >= 0.6 is 0 Å². The fourth-order valence-corrected chi connectivity index (χ4v) is 10.9.